The number of rotatable bonds is 2. The third kappa shape index (κ3) is 1.87. The molecule has 14 heavy (non-hydrogen) atoms. The summed E-state index contributed by atoms with van der Waals surface area (Å²) in [6.07, 6.45) is 0. The van der Waals surface area contributed by atoms with Crippen molar-refractivity contribution in [2.45, 2.75) is 0 Å². The third-order valence-electron chi connectivity index (χ3n) is 1.66. The van der Waals surface area contributed by atoms with Gasteiger partial charge in [0.15, 0.2) is 0 Å². The second kappa shape index (κ2) is 3.86. The molecule has 6 nitrogen and oxygen atoms in total. The number of amides is 2. The maximum atomic E-state index is 11.3. The summed E-state index contributed by atoms with van der Waals surface area (Å²) in [6.45, 7) is 0. The summed E-state index contributed by atoms with van der Waals surface area (Å²) >= 11 is 0. The van der Waals surface area contributed by atoms with Crippen LogP contribution < -0.4 is 17.4 Å². The second-order valence-corrected chi connectivity index (χ2v) is 2.62. The molecule has 6 heteroatoms. The zero-order chi connectivity index (χ0) is 10.7. The summed E-state index contributed by atoms with van der Waals surface area (Å²) in [5.74, 6) is 8.73. The van der Waals surface area contributed by atoms with E-state index >= 15 is 0 Å². The summed E-state index contributed by atoms with van der Waals surface area (Å²) in [5, 5.41) is 0.405. The van der Waals surface area contributed by atoms with Crippen molar-refractivity contribution < 1.29 is 9.59 Å². The van der Waals surface area contributed by atoms with E-state index in [1.165, 1.54) is 12.1 Å². The van der Waals surface area contributed by atoms with Crippen LogP contribution in [0.1, 0.15) is 20.7 Å². The van der Waals surface area contributed by atoms with E-state index in [0.29, 0.717) is 5.12 Å². The van der Waals surface area contributed by atoms with Crippen molar-refractivity contribution in [2.75, 3.05) is 0 Å². The van der Waals surface area contributed by atoms with Crippen LogP contribution >= 0.6 is 0 Å². The van der Waals surface area contributed by atoms with Gasteiger partial charge in [-0.2, -0.15) is 0 Å². The summed E-state index contributed by atoms with van der Waals surface area (Å²) in [6, 6.07) is 6.03. The predicted octanol–water partition coefficient (Wildman–Crippen LogP) is -1.02. The van der Waals surface area contributed by atoms with Gasteiger partial charge in [0.25, 0.3) is 5.91 Å². The predicted molar refractivity (Wildman–Crippen MR) is 49.5 cm³/mol. The molecule has 1 rings (SSSR count). The zero-order valence-electron chi connectivity index (χ0n) is 7.31. The number of nitrogens with zero attached hydrogens (tertiary/aromatic N) is 1. The highest BCUT2D eigenvalue weighted by atomic mass is 16.2. The van der Waals surface area contributed by atoms with Crippen molar-refractivity contribution in [3.05, 3.63) is 35.4 Å². The molecular formula is C8H10N4O2. The van der Waals surface area contributed by atoms with Gasteiger partial charge in [-0.1, -0.05) is 12.1 Å². The van der Waals surface area contributed by atoms with Crippen molar-refractivity contribution in [1.82, 2.24) is 5.12 Å². The van der Waals surface area contributed by atoms with Crippen LogP contribution in [0.15, 0.2) is 24.3 Å². The van der Waals surface area contributed by atoms with E-state index in [0.717, 1.165) is 0 Å². The minimum atomic E-state index is -0.698. The molecule has 0 saturated carbocycles. The van der Waals surface area contributed by atoms with E-state index < -0.39 is 11.8 Å². The van der Waals surface area contributed by atoms with E-state index in [-0.39, 0.29) is 11.1 Å². The molecule has 0 bridgehead atoms. The number of carbonyl (C=O) groups is 2. The van der Waals surface area contributed by atoms with Gasteiger partial charge in [-0.15, -0.1) is 0 Å². The third-order valence-corrected chi connectivity index (χ3v) is 1.66. The Morgan fingerprint density at radius 1 is 1.07 bits per heavy atom. The normalized spacial score (nSPS) is 9.57. The molecular weight excluding hydrogens is 184 g/mol. The minimum Gasteiger partial charge on any atom is -0.366 e. The molecule has 0 aliphatic heterocycles. The average Bonchev–Trinajstić information content (AvgIpc) is 2.16. The molecule has 6 N–H and O–H groups in total. The molecule has 0 spiro atoms. The number of primary amides is 1. The lowest BCUT2D eigenvalue weighted by Gasteiger charge is -2.11. The van der Waals surface area contributed by atoms with Gasteiger partial charge in [0.1, 0.15) is 0 Å². The molecule has 0 radical (unpaired) electrons. The highest BCUT2D eigenvalue weighted by Gasteiger charge is 2.16. The Balaban J connectivity index is 3.20. The molecule has 0 atom stereocenters. The lowest BCUT2D eigenvalue weighted by Crippen LogP contribution is -2.44. The number of carbonyl (C=O) groups excluding carboxylic acids is 2. The Kier molecular flexibility index (Phi) is 2.80. The van der Waals surface area contributed by atoms with Crippen molar-refractivity contribution in [3.63, 3.8) is 0 Å². The van der Waals surface area contributed by atoms with Crippen molar-refractivity contribution in [1.29, 1.82) is 0 Å². The molecule has 1 aromatic rings. The van der Waals surface area contributed by atoms with Crippen LogP contribution in [-0.4, -0.2) is 16.9 Å². The first-order valence-electron chi connectivity index (χ1n) is 3.76. The quantitative estimate of drug-likeness (QED) is 0.317. The van der Waals surface area contributed by atoms with Gasteiger partial charge in [-0.25, -0.2) is 16.8 Å². The van der Waals surface area contributed by atoms with Crippen LogP contribution in [0.5, 0.6) is 0 Å². The first-order valence-corrected chi connectivity index (χ1v) is 3.76. The summed E-state index contributed by atoms with van der Waals surface area (Å²) < 4.78 is 0. The average molecular weight is 194 g/mol. The van der Waals surface area contributed by atoms with Crippen LogP contribution in [0.4, 0.5) is 0 Å². The Morgan fingerprint density at radius 3 is 2.00 bits per heavy atom. The molecule has 0 aliphatic rings. The molecule has 2 amide bonds. The number of hydrogen-bond acceptors (Lipinski definition) is 4. The second-order valence-electron chi connectivity index (χ2n) is 2.62. The molecule has 0 aliphatic carbocycles. The zero-order valence-corrected chi connectivity index (χ0v) is 7.31. The fourth-order valence-corrected chi connectivity index (χ4v) is 1.02. The summed E-state index contributed by atoms with van der Waals surface area (Å²) in [4.78, 5) is 22.3. The van der Waals surface area contributed by atoms with Gasteiger partial charge in [0, 0.05) is 0 Å². The van der Waals surface area contributed by atoms with Crippen LogP contribution in [0, 0.1) is 0 Å². The van der Waals surface area contributed by atoms with Gasteiger partial charge in [-0.3, -0.25) is 9.59 Å². The molecule has 0 fully saturated rings. The molecule has 0 heterocycles. The van der Waals surface area contributed by atoms with Gasteiger partial charge in [0.05, 0.1) is 11.1 Å². The maximum Gasteiger partial charge on any atom is 0.283 e. The molecule has 0 aromatic heterocycles. The standard InChI is InChI=1S/C8H10N4O2/c9-7(13)5-3-1-2-4-6(5)8(14)12(10)11/h1-4H,10-11H2,(H2,9,13). The SMILES string of the molecule is NC(=O)c1ccccc1C(=O)N(N)N. The van der Waals surface area contributed by atoms with Crippen LogP contribution in [-0.2, 0) is 0 Å². The fraction of sp³-hybridized carbons (Fsp3) is 0. The van der Waals surface area contributed by atoms with Crippen LogP contribution in [0.3, 0.4) is 0 Å². The molecule has 0 saturated heterocycles. The number of benzene rings is 1. The van der Waals surface area contributed by atoms with Gasteiger partial charge in [-0.05, 0) is 12.1 Å². The van der Waals surface area contributed by atoms with Gasteiger partial charge >= 0.3 is 0 Å². The largest absolute Gasteiger partial charge is 0.366 e. The van der Waals surface area contributed by atoms with E-state index in [9.17, 15) is 9.59 Å². The Labute approximate surface area is 80.2 Å². The van der Waals surface area contributed by atoms with Crippen molar-refractivity contribution in [3.8, 4) is 0 Å². The molecule has 74 valence electrons. The van der Waals surface area contributed by atoms with Gasteiger partial charge in [0.2, 0.25) is 5.91 Å². The molecule has 0 unspecified atom stereocenters. The Hall–Kier alpha value is -1.92. The van der Waals surface area contributed by atoms with Crippen LogP contribution in [0.25, 0.3) is 0 Å². The maximum absolute atomic E-state index is 11.3. The van der Waals surface area contributed by atoms with E-state index in [1.54, 1.807) is 12.1 Å². The number of hydrogen-bond donors (Lipinski definition) is 3. The van der Waals surface area contributed by atoms with Crippen LogP contribution in [0.2, 0.25) is 0 Å². The number of hydrazine groups is 2. The van der Waals surface area contributed by atoms with E-state index in [1.807, 2.05) is 0 Å². The summed E-state index contributed by atoms with van der Waals surface area (Å²) in [5.41, 5.74) is 5.24. The van der Waals surface area contributed by atoms with Gasteiger partial charge < -0.3 is 5.73 Å². The highest BCUT2D eigenvalue weighted by Crippen LogP contribution is 2.08. The van der Waals surface area contributed by atoms with E-state index in [2.05, 4.69) is 0 Å². The Bertz CT molecular complexity index is 375. The lowest BCUT2D eigenvalue weighted by atomic mass is 10.1. The highest BCUT2D eigenvalue weighted by molar-refractivity contribution is 6.06. The first-order chi connectivity index (χ1) is 6.54. The topological polar surface area (TPSA) is 115 Å². The summed E-state index contributed by atoms with van der Waals surface area (Å²) in [7, 11) is 0. The van der Waals surface area contributed by atoms with E-state index in [4.69, 9.17) is 17.4 Å². The van der Waals surface area contributed by atoms with Crippen molar-refractivity contribution in [2.24, 2.45) is 17.4 Å². The monoisotopic (exact) mass is 194 g/mol. The molecule has 1 aromatic carbocycles. The lowest BCUT2D eigenvalue weighted by molar-refractivity contribution is 0.0750. The first kappa shape index (κ1) is 10.2. The fourth-order valence-electron chi connectivity index (χ4n) is 1.02. The Morgan fingerprint density at radius 2 is 1.57 bits per heavy atom. The minimum absolute atomic E-state index is 0.0880. The number of nitrogens with two attached hydrogens (primary N) is 3. The van der Waals surface area contributed by atoms with Crippen molar-refractivity contribution >= 4 is 11.8 Å². The smallest absolute Gasteiger partial charge is 0.283 e.